The zero-order valence-electron chi connectivity index (χ0n) is 8.11. The highest BCUT2D eigenvalue weighted by atomic mass is 32.1. The fourth-order valence-electron chi connectivity index (χ4n) is 1.28. The van der Waals surface area contributed by atoms with Gasteiger partial charge in [-0.25, -0.2) is 0 Å². The number of azide groups is 1. The Morgan fingerprint density at radius 2 is 2.50 bits per heavy atom. The van der Waals surface area contributed by atoms with Crippen molar-refractivity contribution in [1.29, 1.82) is 0 Å². The Morgan fingerprint density at radius 1 is 1.62 bits per heavy atom. The van der Waals surface area contributed by atoms with Crippen molar-refractivity contribution in [3.8, 4) is 0 Å². The van der Waals surface area contributed by atoms with Crippen molar-refractivity contribution in [2.75, 3.05) is 0 Å². The maximum absolute atomic E-state index is 10.0. The highest BCUT2D eigenvalue weighted by molar-refractivity contribution is 7.10. The van der Waals surface area contributed by atoms with Crippen LogP contribution in [0.3, 0.4) is 0 Å². The lowest BCUT2D eigenvalue weighted by atomic mass is 10.2. The summed E-state index contributed by atoms with van der Waals surface area (Å²) in [5, 5.41) is 25.4. The van der Waals surface area contributed by atoms with Crippen LogP contribution in [0.5, 0.6) is 0 Å². The maximum Gasteiger partial charge on any atom is 0.134 e. The molecule has 2 rings (SSSR count). The summed E-state index contributed by atoms with van der Waals surface area (Å²) in [5.74, 6) is 0. The molecule has 2 aromatic heterocycles. The van der Waals surface area contributed by atoms with E-state index in [0.717, 1.165) is 4.88 Å². The van der Waals surface area contributed by atoms with Crippen molar-refractivity contribution in [2.45, 2.75) is 12.6 Å². The number of aromatic nitrogens is 3. The summed E-state index contributed by atoms with van der Waals surface area (Å²) in [6.07, 6.45) is -0.831. The van der Waals surface area contributed by atoms with Crippen LogP contribution in [-0.2, 0) is 6.54 Å². The van der Waals surface area contributed by atoms with E-state index < -0.39 is 6.10 Å². The van der Waals surface area contributed by atoms with Gasteiger partial charge in [-0.05, 0) is 17.0 Å². The predicted molar refractivity (Wildman–Crippen MR) is 57.6 cm³/mol. The lowest BCUT2D eigenvalue weighted by Crippen LogP contribution is -2.01. The van der Waals surface area contributed by atoms with Crippen LogP contribution in [0.4, 0.5) is 0 Å². The molecule has 1 unspecified atom stereocenters. The zero-order valence-corrected chi connectivity index (χ0v) is 8.92. The first-order valence-electron chi connectivity index (χ1n) is 4.44. The molecule has 1 atom stereocenters. The van der Waals surface area contributed by atoms with Crippen LogP contribution in [-0.4, -0.2) is 20.5 Å². The van der Waals surface area contributed by atoms with Crippen LogP contribution in [0.25, 0.3) is 10.4 Å². The molecule has 7 nitrogen and oxygen atoms in total. The number of aliphatic hydroxyl groups excluding tert-OH is 1. The molecule has 0 bridgehead atoms. The second-order valence-electron chi connectivity index (χ2n) is 2.96. The fraction of sp³-hybridized carbons (Fsp3) is 0.250. The number of nitrogens with one attached hydrogen (secondary N) is 1. The number of aliphatic hydroxyl groups is 1. The molecule has 0 aromatic carbocycles. The topological polar surface area (TPSA) is 111 Å². The molecule has 0 aliphatic heterocycles. The molecule has 0 aliphatic rings. The van der Waals surface area contributed by atoms with Crippen molar-refractivity contribution in [3.63, 3.8) is 0 Å². The van der Waals surface area contributed by atoms with Gasteiger partial charge in [0.25, 0.3) is 0 Å². The smallest absolute Gasteiger partial charge is 0.134 e. The largest absolute Gasteiger partial charge is 0.381 e. The van der Waals surface area contributed by atoms with Gasteiger partial charge in [-0.2, -0.15) is 15.4 Å². The molecular formula is C8H8N6OS. The molecule has 0 spiro atoms. The minimum Gasteiger partial charge on any atom is -0.381 e. The van der Waals surface area contributed by atoms with Crippen molar-refractivity contribution in [2.24, 2.45) is 5.11 Å². The van der Waals surface area contributed by atoms with Gasteiger partial charge in [-0.3, -0.25) is 0 Å². The Labute approximate surface area is 94.4 Å². The van der Waals surface area contributed by atoms with Gasteiger partial charge in [-0.15, -0.1) is 11.3 Å². The molecule has 0 saturated heterocycles. The van der Waals surface area contributed by atoms with Crippen LogP contribution in [0, 0.1) is 0 Å². The van der Waals surface area contributed by atoms with Gasteiger partial charge in [0, 0.05) is 9.79 Å². The van der Waals surface area contributed by atoms with E-state index in [2.05, 4.69) is 25.4 Å². The third kappa shape index (κ3) is 2.03. The van der Waals surface area contributed by atoms with Gasteiger partial charge in [-0.1, -0.05) is 11.2 Å². The number of nitrogens with zero attached hydrogens (tertiary/aromatic N) is 5. The van der Waals surface area contributed by atoms with Crippen LogP contribution < -0.4 is 0 Å². The minimum absolute atomic E-state index is 0.0742. The molecule has 0 amide bonds. The van der Waals surface area contributed by atoms with E-state index in [4.69, 9.17) is 5.53 Å². The lowest BCUT2D eigenvalue weighted by Gasteiger charge is -2.05. The van der Waals surface area contributed by atoms with E-state index >= 15 is 0 Å². The first kappa shape index (κ1) is 10.6. The molecule has 2 aromatic rings. The fourth-order valence-corrected chi connectivity index (χ4v) is 1.99. The monoisotopic (exact) mass is 236 g/mol. The minimum atomic E-state index is -0.831. The van der Waals surface area contributed by atoms with Gasteiger partial charge in [0.15, 0.2) is 0 Å². The van der Waals surface area contributed by atoms with Gasteiger partial charge >= 0.3 is 0 Å². The Morgan fingerprint density at radius 3 is 3.19 bits per heavy atom. The molecule has 0 fully saturated rings. The number of aromatic amines is 1. The van der Waals surface area contributed by atoms with Crippen LogP contribution in [0.1, 0.15) is 22.4 Å². The molecule has 0 aliphatic carbocycles. The van der Waals surface area contributed by atoms with E-state index in [9.17, 15) is 5.11 Å². The van der Waals surface area contributed by atoms with Crippen molar-refractivity contribution < 1.29 is 5.11 Å². The third-order valence-corrected chi connectivity index (χ3v) is 2.93. The summed E-state index contributed by atoms with van der Waals surface area (Å²) < 4.78 is 0. The number of thiophene rings is 1. The summed E-state index contributed by atoms with van der Waals surface area (Å²) in [4.78, 5) is 3.41. The average molecular weight is 236 g/mol. The van der Waals surface area contributed by atoms with Crippen molar-refractivity contribution in [3.05, 3.63) is 44.2 Å². The quantitative estimate of drug-likeness (QED) is 0.479. The number of rotatable bonds is 4. The SMILES string of the molecule is [N-]=[N+]=NCc1n[nH]nc1C(O)c1cccs1. The highest BCUT2D eigenvalue weighted by Crippen LogP contribution is 2.25. The molecular weight excluding hydrogens is 228 g/mol. The second kappa shape index (κ2) is 4.75. The number of hydrogen-bond donors (Lipinski definition) is 2. The number of hydrogen-bond acceptors (Lipinski definition) is 5. The zero-order chi connectivity index (χ0) is 11.4. The molecule has 2 heterocycles. The average Bonchev–Trinajstić information content (AvgIpc) is 2.96. The maximum atomic E-state index is 10.0. The highest BCUT2D eigenvalue weighted by Gasteiger charge is 2.18. The first-order chi connectivity index (χ1) is 7.83. The molecule has 82 valence electrons. The summed E-state index contributed by atoms with van der Waals surface area (Å²) >= 11 is 1.43. The Hall–Kier alpha value is -1.89. The molecule has 0 saturated carbocycles. The lowest BCUT2D eigenvalue weighted by molar-refractivity contribution is 0.218. The van der Waals surface area contributed by atoms with E-state index in [1.165, 1.54) is 11.3 Å². The third-order valence-electron chi connectivity index (χ3n) is 2.01. The van der Waals surface area contributed by atoms with E-state index in [1.807, 2.05) is 11.4 Å². The van der Waals surface area contributed by atoms with Crippen LogP contribution in [0.2, 0.25) is 0 Å². The molecule has 0 radical (unpaired) electrons. The van der Waals surface area contributed by atoms with E-state index in [0.29, 0.717) is 11.4 Å². The first-order valence-corrected chi connectivity index (χ1v) is 5.32. The molecule has 16 heavy (non-hydrogen) atoms. The van der Waals surface area contributed by atoms with E-state index in [-0.39, 0.29) is 6.54 Å². The van der Waals surface area contributed by atoms with Crippen molar-refractivity contribution in [1.82, 2.24) is 15.4 Å². The Balaban J connectivity index is 2.26. The Kier molecular flexibility index (Phi) is 3.16. The van der Waals surface area contributed by atoms with Crippen molar-refractivity contribution >= 4 is 11.3 Å². The molecule has 8 heteroatoms. The normalized spacial score (nSPS) is 12.1. The van der Waals surface area contributed by atoms with E-state index in [1.54, 1.807) is 6.07 Å². The van der Waals surface area contributed by atoms with Crippen LogP contribution >= 0.6 is 11.3 Å². The summed E-state index contributed by atoms with van der Waals surface area (Å²) in [5.41, 5.74) is 9.07. The van der Waals surface area contributed by atoms with Gasteiger partial charge in [0.1, 0.15) is 11.8 Å². The summed E-state index contributed by atoms with van der Waals surface area (Å²) in [6, 6.07) is 3.65. The van der Waals surface area contributed by atoms with Gasteiger partial charge < -0.3 is 5.11 Å². The number of H-pyrrole nitrogens is 1. The second-order valence-corrected chi connectivity index (χ2v) is 3.94. The van der Waals surface area contributed by atoms with Gasteiger partial charge in [0.05, 0.1) is 12.2 Å². The Bertz CT molecular complexity index is 500. The predicted octanol–water partition coefficient (Wildman–Crippen LogP) is 1.76. The van der Waals surface area contributed by atoms with Crippen LogP contribution in [0.15, 0.2) is 22.6 Å². The summed E-state index contributed by atoms with van der Waals surface area (Å²) in [6.45, 7) is 0.0742. The standard InChI is InChI=1S/C8H8N6OS/c9-13-10-4-5-7(12-14-11-5)8(15)6-2-1-3-16-6/h1-3,8,15H,4H2,(H,11,12,14). The molecule has 2 N–H and O–H groups in total. The van der Waals surface area contributed by atoms with Gasteiger partial charge in [0.2, 0.25) is 0 Å². The summed E-state index contributed by atoms with van der Waals surface area (Å²) in [7, 11) is 0.